The van der Waals surface area contributed by atoms with Gasteiger partial charge in [0.25, 0.3) is 0 Å². The molecule has 1 aliphatic carbocycles. The molecule has 64 heavy (non-hydrogen) atoms. The van der Waals surface area contributed by atoms with Gasteiger partial charge in [0, 0.05) is 61.8 Å². The number of furan rings is 1. The predicted molar refractivity (Wildman–Crippen MR) is 275 cm³/mol. The van der Waals surface area contributed by atoms with E-state index in [1.165, 1.54) is 82.7 Å². The van der Waals surface area contributed by atoms with Gasteiger partial charge in [0.2, 0.25) is 0 Å². The summed E-state index contributed by atoms with van der Waals surface area (Å²) in [4.78, 5) is 2.48. The van der Waals surface area contributed by atoms with Crippen LogP contribution in [0.1, 0.15) is 63.8 Å². The van der Waals surface area contributed by atoms with Crippen LogP contribution in [0.15, 0.2) is 187 Å². The average Bonchev–Trinajstić information content (AvgIpc) is 3.90. The van der Waals surface area contributed by atoms with Crippen molar-refractivity contribution in [2.75, 3.05) is 4.90 Å². The topological polar surface area (TPSA) is 21.3 Å². The fourth-order valence-electron chi connectivity index (χ4n) is 10.4. The number of hydrogen-bond donors (Lipinski definition) is 0. The van der Waals surface area contributed by atoms with Crippen molar-refractivity contribution in [3.63, 3.8) is 0 Å². The van der Waals surface area contributed by atoms with Crippen LogP contribution in [0.25, 0.3) is 82.3 Å². The molecular weight excluding hydrogens is 777 g/mol. The summed E-state index contributed by atoms with van der Waals surface area (Å²) >= 11 is 0. The lowest BCUT2D eigenvalue weighted by molar-refractivity contribution is 0.590. The highest BCUT2D eigenvalue weighted by molar-refractivity contribution is 6.13. The van der Waals surface area contributed by atoms with Crippen molar-refractivity contribution in [3.05, 3.63) is 205 Å². The Balaban J connectivity index is 1.13. The van der Waals surface area contributed by atoms with E-state index in [2.05, 4.69) is 222 Å². The summed E-state index contributed by atoms with van der Waals surface area (Å²) in [5, 5.41) is 7.16. The van der Waals surface area contributed by atoms with Crippen molar-refractivity contribution >= 4 is 77.2 Å². The van der Waals surface area contributed by atoms with Crippen molar-refractivity contribution in [2.45, 2.75) is 52.4 Å². The van der Waals surface area contributed by atoms with E-state index in [0.29, 0.717) is 0 Å². The number of allylic oxidation sites excluding steroid dienone is 5. The van der Waals surface area contributed by atoms with Gasteiger partial charge in [0.05, 0.1) is 5.69 Å². The third-order valence-corrected chi connectivity index (χ3v) is 13.9. The summed E-state index contributed by atoms with van der Waals surface area (Å²) < 4.78 is 8.68. The number of para-hydroxylation sites is 2. The summed E-state index contributed by atoms with van der Waals surface area (Å²) in [6, 6.07) is 56.5. The van der Waals surface area contributed by atoms with E-state index in [1.54, 1.807) is 0 Å². The SMILES string of the molecule is C=C/C=C\C(=C/C)c1cc(-c2ccc3c(c2)C(C)(C)c2cc(N(c4ccc5oc6ccccc6c5c4)c4ccc5c(c4)c4ccccc4n5C)c4ccccc4c2-3)cc(C(C)(C)C)c1. The van der Waals surface area contributed by atoms with Gasteiger partial charge in [-0.15, -0.1) is 0 Å². The van der Waals surface area contributed by atoms with Crippen molar-refractivity contribution in [3.8, 4) is 22.3 Å². The molecule has 8 aromatic carbocycles. The van der Waals surface area contributed by atoms with Crippen molar-refractivity contribution in [1.82, 2.24) is 4.57 Å². The van der Waals surface area contributed by atoms with E-state index in [4.69, 9.17) is 4.42 Å². The smallest absolute Gasteiger partial charge is 0.135 e. The van der Waals surface area contributed by atoms with Gasteiger partial charge in [-0.05, 0) is 135 Å². The van der Waals surface area contributed by atoms with E-state index in [0.717, 1.165) is 39.0 Å². The first-order valence-corrected chi connectivity index (χ1v) is 22.5. The van der Waals surface area contributed by atoms with Gasteiger partial charge in [0.1, 0.15) is 11.2 Å². The van der Waals surface area contributed by atoms with E-state index >= 15 is 0 Å². The van der Waals surface area contributed by atoms with Crippen LogP contribution in [-0.4, -0.2) is 4.57 Å². The number of rotatable bonds is 7. The van der Waals surface area contributed by atoms with Crippen molar-refractivity contribution < 1.29 is 4.42 Å². The molecule has 0 bridgehead atoms. The van der Waals surface area contributed by atoms with Crippen molar-refractivity contribution in [2.24, 2.45) is 7.05 Å². The standard InChI is InChI=1S/C61H52N2O/c1-9-11-18-38(10-2)40-31-41(33-42(32-40)60(3,4)5)39-25-28-49-52(34-39)61(6,7)53-37-56(45-19-12-13-22-48(45)59(49)53)63(44-27-30-58-51(36-44)47-21-15-17-24-57(47)64-58)43-26-29-55-50(35-43)46-20-14-16-23-54(46)62(55)8/h9-37H,1H2,2-8H3/b18-11-,38-10+. The van der Waals surface area contributed by atoms with Crippen molar-refractivity contribution in [1.29, 1.82) is 0 Å². The third-order valence-electron chi connectivity index (χ3n) is 13.9. The van der Waals surface area contributed by atoms with Crippen LogP contribution >= 0.6 is 0 Å². The van der Waals surface area contributed by atoms with Gasteiger partial charge in [-0.3, -0.25) is 0 Å². The van der Waals surface area contributed by atoms with E-state index < -0.39 is 0 Å². The Morgan fingerprint density at radius 2 is 1.30 bits per heavy atom. The average molecular weight is 829 g/mol. The summed E-state index contributed by atoms with van der Waals surface area (Å²) in [5.41, 5.74) is 18.7. The quantitative estimate of drug-likeness (QED) is 0.149. The molecule has 0 spiro atoms. The maximum Gasteiger partial charge on any atom is 0.135 e. The number of anilines is 3. The number of hydrogen-bond acceptors (Lipinski definition) is 2. The van der Waals surface area contributed by atoms with Gasteiger partial charge in [-0.2, -0.15) is 0 Å². The Morgan fingerprint density at radius 3 is 2.06 bits per heavy atom. The first-order valence-electron chi connectivity index (χ1n) is 22.5. The lowest BCUT2D eigenvalue weighted by atomic mass is 9.80. The Hall–Kier alpha value is -7.36. The largest absolute Gasteiger partial charge is 0.456 e. The zero-order valence-electron chi connectivity index (χ0n) is 37.8. The molecule has 11 rings (SSSR count). The summed E-state index contributed by atoms with van der Waals surface area (Å²) in [6.07, 6.45) is 8.21. The molecule has 1 aliphatic rings. The first kappa shape index (κ1) is 39.5. The second-order valence-corrected chi connectivity index (χ2v) is 19.0. The Bertz CT molecular complexity index is 3620. The third kappa shape index (κ3) is 6.09. The highest BCUT2D eigenvalue weighted by Gasteiger charge is 2.38. The molecule has 10 aromatic rings. The van der Waals surface area contributed by atoms with Gasteiger partial charge in [-0.25, -0.2) is 0 Å². The monoisotopic (exact) mass is 828 g/mol. The first-order chi connectivity index (χ1) is 30.9. The Morgan fingerprint density at radius 1 is 0.625 bits per heavy atom. The van der Waals surface area contributed by atoms with Gasteiger partial charge in [-0.1, -0.05) is 150 Å². The minimum atomic E-state index is -0.291. The molecule has 0 radical (unpaired) electrons. The summed E-state index contributed by atoms with van der Waals surface area (Å²) in [6.45, 7) is 17.8. The molecule has 3 nitrogen and oxygen atoms in total. The minimum absolute atomic E-state index is 0.0213. The van der Waals surface area contributed by atoms with E-state index in [1.807, 2.05) is 18.2 Å². The highest BCUT2D eigenvalue weighted by atomic mass is 16.3. The number of aryl methyl sites for hydroxylation is 1. The molecule has 0 fully saturated rings. The van der Waals surface area contributed by atoms with Gasteiger partial charge < -0.3 is 13.9 Å². The molecule has 0 N–H and O–H groups in total. The van der Waals surface area contributed by atoms with E-state index in [-0.39, 0.29) is 10.8 Å². The van der Waals surface area contributed by atoms with Crippen LogP contribution in [-0.2, 0) is 17.9 Å². The Labute approximate surface area is 375 Å². The lowest BCUT2D eigenvalue weighted by Crippen LogP contribution is -2.17. The molecule has 0 aliphatic heterocycles. The minimum Gasteiger partial charge on any atom is -0.456 e. The second kappa shape index (κ2) is 14.6. The fourth-order valence-corrected chi connectivity index (χ4v) is 10.4. The van der Waals surface area contributed by atoms with Crippen LogP contribution in [0, 0.1) is 0 Å². The summed E-state index contributed by atoms with van der Waals surface area (Å²) in [7, 11) is 2.17. The second-order valence-electron chi connectivity index (χ2n) is 19.0. The summed E-state index contributed by atoms with van der Waals surface area (Å²) in [5.74, 6) is 0. The molecule has 2 heterocycles. The zero-order valence-corrected chi connectivity index (χ0v) is 37.8. The molecule has 312 valence electrons. The number of benzene rings is 8. The van der Waals surface area contributed by atoms with E-state index in [9.17, 15) is 0 Å². The molecule has 2 aromatic heterocycles. The van der Waals surface area contributed by atoms with Crippen LogP contribution in [0.4, 0.5) is 17.1 Å². The Kier molecular flexibility index (Phi) is 9.01. The lowest BCUT2D eigenvalue weighted by Gasteiger charge is -2.30. The predicted octanol–water partition coefficient (Wildman–Crippen LogP) is 17.3. The molecule has 0 unspecified atom stereocenters. The fraction of sp³-hybridized carbons (Fsp3) is 0.148. The number of nitrogens with zero attached hydrogens (tertiary/aromatic N) is 2. The molecule has 0 atom stereocenters. The molecule has 3 heteroatoms. The molecule has 0 amide bonds. The zero-order chi connectivity index (χ0) is 44.1. The highest BCUT2D eigenvalue weighted by Crippen LogP contribution is 2.55. The molecule has 0 saturated carbocycles. The number of aromatic nitrogens is 1. The molecular formula is C61H52N2O. The van der Waals surface area contributed by atoms with Crippen LogP contribution < -0.4 is 4.90 Å². The van der Waals surface area contributed by atoms with Gasteiger partial charge >= 0.3 is 0 Å². The van der Waals surface area contributed by atoms with Crippen LogP contribution in [0.3, 0.4) is 0 Å². The normalized spacial score (nSPS) is 13.8. The molecule has 0 saturated heterocycles. The number of fused-ring (bicyclic) bond motifs is 11. The van der Waals surface area contributed by atoms with Gasteiger partial charge in [0.15, 0.2) is 0 Å². The maximum absolute atomic E-state index is 6.37. The van der Waals surface area contributed by atoms with Crippen LogP contribution in [0.2, 0.25) is 0 Å². The maximum atomic E-state index is 6.37. The van der Waals surface area contributed by atoms with Crippen LogP contribution in [0.5, 0.6) is 0 Å².